The molecule has 0 radical (unpaired) electrons. The first kappa shape index (κ1) is 14.8. The summed E-state index contributed by atoms with van der Waals surface area (Å²) in [5.41, 5.74) is -0.580. The summed E-state index contributed by atoms with van der Waals surface area (Å²) in [5, 5.41) is 11.0. The highest BCUT2D eigenvalue weighted by Crippen LogP contribution is 2.64. The maximum Gasteiger partial charge on any atom is 0.0886 e. The zero-order valence-corrected chi connectivity index (χ0v) is 12.7. The fourth-order valence-corrected chi connectivity index (χ4v) is 4.00. The highest BCUT2D eigenvalue weighted by atomic mass is 16.3. The lowest BCUT2D eigenvalue weighted by Crippen LogP contribution is -2.54. The van der Waals surface area contributed by atoms with E-state index < -0.39 is 5.60 Å². The van der Waals surface area contributed by atoms with Gasteiger partial charge >= 0.3 is 0 Å². The van der Waals surface area contributed by atoms with Gasteiger partial charge in [0.1, 0.15) is 0 Å². The lowest BCUT2D eigenvalue weighted by molar-refractivity contribution is -0.118. The summed E-state index contributed by atoms with van der Waals surface area (Å²) in [4.78, 5) is 0. The second kappa shape index (κ2) is 3.85. The molecule has 0 aromatic heterocycles. The van der Waals surface area contributed by atoms with E-state index in [0.717, 1.165) is 12.8 Å². The molecule has 1 nitrogen and oxygen atoms in total. The minimum atomic E-state index is -0.733. The van der Waals surface area contributed by atoms with Crippen molar-refractivity contribution in [1.82, 2.24) is 0 Å². The summed E-state index contributed by atoms with van der Waals surface area (Å²) in [6, 6.07) is 0. The molecule has 0 aromatic carbocycles. The van der Waals surface area contributed by atoms with Gasteiger partial charge in [0, 0.05) is 5.41 Å². The Bertz CT molecular complexity index is 304. The van der Waals surface area contributed by atoms with Gasteiger partial charge in [0.05, 0.1) is 5.60 Å². The largest absolute Gasteiger partial charge is 0.385 e. The van der Waals surface area contributed by atoms with Crippen LogP contribution in [0.3, 0.4) is 0 Å². The van der Waals surface area contributed by atoms with E-state index in [4.69, 9.17) is 0 Å². The molecule has 17 heavy (non-hydrogen) atoms. The van der Waals surface area contributed by atoms with E-state index in [9.17, 15) is 5.11 Å². The molecule has 0 aromatic rings. The Hall–Kier alpha value is -0.300. The first-order valence-electron chi connectivity index (χ1n) is 6.76. The topological polar surface area (TPSA) is 20.2 Å². The number of aliphatic hydroxyl groups is 1. The summed E-state index contributed by atoms with van der Waals surface area (Å²) in [5.74, 6) is 0.512. The number of hydrogen-bond acceptors (Lipinski definition) is 1. The third-order valence-corrected chi connectivity index (χ3v) is 5.35. The van der Waals surface area contributed by atoms with Crippen LogP contribution in [0.2, 0.25) is 0 Å². The van der Waals surface area contributed by atoms with Gasteiger partial charge in [-0.2, -0.15) is 0 Å². The molecule has 100 valence electrons. The molecular formula is C16H30O. The van der Waals surface area contributed by atoms with Crippen LogP contribution in [0.1, 0.15) is 61.3 Å². The van der Waals surface area contributed by atoms with Crippen molar-refractivity contribution >= 4 is 0 Å². The van der Waals surface area contributed by atoms with E-state index in [0.29, 0.717) is 5.92 Å². The molecule has 1 fully saturated rings. The van der Waals surface area contributed by atoms with E-state index in [1.807, 2.05) is 0 Å². The van der Waals surface area contributed by atoms with E-state index in [-0.39, 0.29) is 16.2 Å². The summed E-state index contributed by atoms with van der Waals surface area (Å²) < 4.78 is 0. The summed E-state index contributed by atoms with van der Waals surface area (Å²) in [7, 11) is 0. The normalized spacial score (nSPS) is 39.4. The first-order chi connectivity index (χ1) is 7.40. The lowest BCUT2D eigenvalue weighted by atomic mass is 9.52. The minimum absolute atomic E-state index is 0.0599. The van der Waals surface area contributed by atoms with Crippen LogP contribution in [0.15, 0.2) is 12.7 Å². The third-order valence-electron chi connectivity index (χ3n) is 5.35. The van der Waals surface area contributed by atoms with Crippen molar-refractivity contribution in [3.05, 3.63) is 12.7 Å². The van der Waals surface area contributed by atoms with Gasteiger partial charge in [-0.3, -0.25) is 0 Å². The van der Waals surface area contributed by atoms with Gasteiger partial charge in [-0.1, -0.05) is 54.5 Å². The van der Waals surface area contributed by atoms with Crippen LogP contribution >= 0.6 is 0 Å². The quantitative estimate of drug-likeness (QED) is 0.671. The lowest BCUT2D eigenvalue weighted by Gasteiger charge is -2.54. The summed E-state index contributed by atoms with van der Waals surface area (Å²) in [6.07, 6.45) is 3.70. The van der Waals surface area contributed by atoms with Gasteiger partial charge in [0.2, 0.25) is 0 Å². The van der Waals surface area contributed by atoms with Gasteiger partial charge in [0.15, 0.2) is 0 Å². The Balaban J connectivity index is 3.36. The zero-order valence-electron chi connectivity index (χ0n) is 12.7. The van der Waals surface area contributed by atoms with Crippen LogP contribution in [0.25, 0.3) is 0 Å². The monoisotopic (exact) mass is 238 g/mol. The van der Waals surface area contributed by atoms with Crippen molar-refractivity contribution in [2.24, 2.45) is 22.2 Å². The predicted octanol–water partition coefficient (Wildman–Crippen LogP) is 4.41. The molecule has 0 saturated heterocycles. The van der Waals surface area contributed by atoms with Gasteiger partial charge in [-0.25, -0.2) is 0 Å². The first-order valence-corrected chi connectivity index (χ1v) is 6.76. The second-order valence-corrected chi connectivity index (χ2v) is 8.04. The molecule has 1 aliphatic rings. The third kappa shape index (κ3) is 1.97. The SMILES string of the molecule is C=C[C@]1(O)CCC(C(C)(C)C)[C@]1(C)C(C)(C)C. The molecule has 0 amide bonds. The van der Waals surface area contributed by atoms with Crippen molar-refractivity contribution in [3.63, 3.8) is 0 Å². The highest BCUT2D eigenvalue weighted by molar-refractivity contribution is 5.19. The summed E-state index contributed by atoms with van der Waals surface area (Å²) in [6.45, 7) is 19.7. The fourth-order valence-electron chi connectivity index (χ4n) is 4.00. The molecule has 1 aliphatic carbocycles. The van der Waals surface area contributed by atoms with Crippen molar-refractivity contribution in [1.29, 1.82) is 0 Å². The van der Waals surface area contributed by atoms with E-state index in [2.05, 4.69) is 55.0 Å². The Morgan fingerprint density at radius 3 is 1.94 bits per heavy atom. The molecule has 0 aliphatic heterocycles. The van der Waals surface area contributed by atoms with Crippen molar-refractivity contribution < 1.29 is 5.11 Å². The Kier molecular flexibility index (Phi) is 3.34. The van der Waals surface area contributed by atoms with Crippen LogP contribution in [0.5, 0.6) is 0 Å². The molecular weight excluding hydrogens is 208 g/mol. The van der Waals surface area contributed by atoms with Crippen LogP contribution in [0, 0.1) is 22.2 Å². The smallest absolute Gasteiger partial charge is 0.0886 e. The molecule has 0 spiro atoms. The maximum atomic E-state index is 11.0. The molecule has 1 saturated carbocycles. The Morgan fingerprint density at radius 2 is 1.65 bits per heavy atom. The average molecular weight is 238 g/mol. The minimum Gasteiger partial charge on any atom is -0.385 e. The molecule has 0 bridgehead atoms. The van der Waals surface area contributed by atoms with Crippen molar-refractivity contribution in [3.8, 4) is 0 Å². The Labute approximate surface area is 107 Å². The van der Waals surface area contributed by atoms with E-state index in [1.54, 1.807) is 6.08 Å². The predicted molar refractivity (Wildman–Crippen MR) is 74.9 cm³/mol. The molecule has 3 atom stereocenters. The molecule has 1 heteroatoms. The van der Waals surface area contributed by atoms with E-state index in [1.165, 1.54) is 0 Å². The molecule has 1 rings (SSSR count). The maximum absolute atomic E-state index is 11.0. The number of rotatable bonds is 1. The van der Waals surface area contributed by atoms with E-state index >= 15 is 0 Å². The standard InChI is InChI=1S/C16H30O/c1-9-16(17)11-10-12(13(2,3)4)15(16,8)14(5,6)7/h9,12,17H,1,10-11H2,2-8H3/t12?,15-,16+/m1/s1. The molecule has 1 N–H and O–H groups in total. The molecule has 0 heterocycles. The fraction of sp³-hybridized carbons (Fsp3) is 0.875. The second-order valence-electron chi connectivity index (χ2n) is 8.04. The van der Waals surface area contributed by atoms with Gasteiger partial charge in [-0.05, 0) is 29.6 Å². The van der Waals surface area contributed by atoms with Crippen LogP contribution in [-0.2, 0) is 0 Å². The summed E-state index contributed by atoms with van der Waals surface area (Å²) >= 11 is 0. The van der Waals surface area contributed by atoms with Gasteiger partial charge in [0.25, 0.3) is 0 Å². The molecule has 1 unspecified atom stereocenters. The van der Waals surface area contributed by atoms with Crippen LogP contribution in [-0.4, -0.2) is 10.7 Å². The highest BCUT2D eigenvalue weighted by Gasteiger charge is 2.62. The van der Waals surface area contributed by atoms with Crippen molar-refractivity contribution in [2.45, 2.75) is 66.9 Å². The van der Waals surface area contributed by atoms with Gasteiger partial charge < -0.3 is 5.11 Å². The van der Waals surface area contributed by atoms with Crippen LogP contribution in [0.4, 0.5) is 0 Å². The zero-order chi connectivity index (χ0) is 13.7. The average Bonchev–Trinajstić information content (AvgIpc) is 2.40. The van der Waals surface area contributed by atoms with Crippen molar-refractivity contribution in [2.75, 3.05) is 0 Å². The van der Waals surface area contributed by atoms with Gasteiger partial charge in [-0.15, -0.1) is 6.58 Å². The van der Waals surface area contributed by atoms with Crippen LogP contribution < -0.4 is 0 Å². The Morgan fingerprint density at radius 1 is 1.18 bits per heavy atom. The number of hydrogen-bond donors (Lipinski definition) is 1.